The molecule has 4 aromatic rings. The first-order chi connectivity index (χ1) is 13.2. The third-order valence-corrected chi connectivity index (χ3v) is 5.10. The number of carbonyl (C=O) groups excluding carboxylic acids is 1. The Morgan fingerprint density at radius 1 is 1.15 bits per heavy atom. The van der Waals surface area contributed by atoms with E-state index < -0.39 is 0 Å². The van der Waals surface area contributed by atoms with E-state index in [1.165, 1.54) is 11.8 Å². The molecule has 0 atom stereocenters. The Morgan fingerprint density at radius 2 is 2.00 bits per heavy atom. The number of benzene rings is 2. The highest BCUT2D eigenvalue weighted by atomic mass is 32.2. The molecule has 2 aromatic carbocycles. The van der Waals surface area contributed by atoms with Crippen LogP contribution in [-0.2, 0) is 11.3 Å². The SMILES string of the molecule is CCn1c(SCC(=O)Nc2ccc3ccoc3c2)nnc1-c1ccccc1. The Labute approximate surface area is 160 Å². The Bertz CT molecular complexity index is 1070. The first-order valence-electron chi connectivity index (χ1n) is 8.63. The normalized spacial score (nSPS) is 11.0. The monoisotopic (exact) mass is 378 g/mol. The van der Waals surface area contributed by atoms with Crippen molar-refractivity contribution in [1.29, 1.82) is 0 Å². The summed E-state index contributed by atoms with van der Waals surface area (Å²) in [6.45, 7) is 2.77. The number of rotatable bonds is 6. The lowest BCUT2D eigenvalue weighted by Gasteiger charge is -2.08. The lowest BCUT2D eigenvalue weighted by molar-refractivity contribution is -0.113. The second-order valence-electron chi connectivity index (χ2n) is 5.93. The van der Waals surface area contributed by atoms with Gasteiger partial charge >= 0.3 is 0 Å². The Hall–Kier alpha value is -3.06. The number of nitrogens with zero attached hydrogens (tertiary/aromatic N) is 3. The van der Waals surface area contributed by atoms with E-state index in [1.54, 1.807) is 6.26 Å². The lowest BCUT2D eigenvalue weighted by atomic mass is 10.2. The van der Waals surface area contributed by atoms with Crippen molar-refractivity contribution in [2.45, 2.75) is 18.6 Å². The van der Waals surface area contributed by atoms with E-state index >= 15 is 0 Å². The van der Waals surface area contributed by atoms with E-state index in [-0.39, 0.29) is 11.7 Å². The van der Waals surface area contributed by atoms with Crippen LogP contribution in [0.25, 0.3) is 22.4 Å². The van der Waals surface area contributed by atoms with Gasteiger partial charge in [0.15, 0.2) is 11.0 Å². The molecule has 0 aliphatic heterocycles. The van der Waals surface area contributed by atoms with Gasteiger partial charge in [-0.2, -0.15) is 0 Å². The van der Waals surface area contributed by atoms with Crippen LogP contribution < -0.4 is 5.32 Å². The molecule has 0 fully saturated rings. The van der Waals surface area contributed by atoms with Crippen LogP contribution in [0.3, 0.4) is 0 Å². The number of amides is 1. The van der Waals surface area contributed by atoms with Crippen LogP contribution in [0, 0.1) is 0 Å². The topological polar surface area (TPSA) is 73.0 Å². The van der Waals surface area contributed by atoms with Crippen molar-refractivity contribution < 1.29 is 9.21 Å². The summed E-state index contributed by atoms with van der Waals surface area (Å²) in [4.78, 5) is 12.3. The van der Waals surface area contributed by atoms with Gasteiger partial charge in [-0.1, -0.05) is 42.1 Å². The Morgan fingerprint density at radius 3 is 2.81 bits per heavy atom. The molecule has 0 saturated heterocycles. The van der Waals surface area contributed by atoms with Crippen LogP contribution in [-0.4, -0.2) is 26.4 Å². The molecule has 6 nitrogen and oxygen atoms in total. The molecule has 0 spiro atoms. The molecular formula is C20H18N4O2S. The van der Waals surface area contributed by atoms with Crippen molar-refractivity contribution in [2.75, 3.05) is 11.1 Å². The second-order valence-corrected chi connectivity index (χ2v) is 6.87. The van der Waals surface area contributed by atoms with E-state index in [9.17, 15) is 4.79 Å². The summed E-state index contributed by atoms with van der Waals surface area (Å²) < 4.78 is 7.38. The zero-order chi connectivity index (χ0) is 18.6. The van der Waals surface area contributed by atoms with Crippen molar-refractivity contribution in [2.24, 2.45) is 0 Å². The summed E-state index contributed by atoms with van der Waals surface area (Å²) in [7, 11) is 0. The molecule has 1 N–H and O–H groups in total. The largest absolute Gasteiger partial charge is 0.464 e. The standard InChI is InChI=1S/C20H18N4O2S/c1-2-24-19(15-6-4-3-5-7-15)22-23-20(24)27-13-18(25)21-16-9-8-14-10-11-26-17(14)12-16/h3-12H,2,13H2,1H3,(H,21,25). The minimum atomic E-state index is -0.0992. The van der Waals surface area contributed by atoms with Crippen LogP contribution in [0.2, 0.25) is 0 Å². The average molecular weight is 378 g/mol. The van der Waals surface area contributed by atoms with Gasteiger partial charge < -0.3 is 14.3 Å². The predicted molar refractivity (Wildman–Crippen MR) is 107 cm³/mol. The number of thioether (sulfide) groups is 1. The van der Waals surface area contributed by atoms with Crippen molar-refractivity contribution >= 4 is 34.3 Å². The molecule has 0 unspecified atom stereocenters. The van der Waals surface area contributed by atoms with E-state index in [1.807, 2.05) is 66.1 Å². The first-order valence-corrected chi connectivity index (χ1v) is 9.61. The minimum Gasteiger partial charge on any atom is -0.464 e. The Balaban J connectivity index is 1.43. The van der Waals surface area contributed by atoms with Crippen molar-refractivity contribution in [3.05, 3.63) is 60.9 Å². The fourth-order valence-corrected chi connectivity index (χ4v) is 3.64. The summed E-state index contributed by atoms with van der Waals surface area (Å²) in [6.07, 6.45) is 1.63. The van der Waals surface area contributed by atoms with Gasteiger partial charge in [0.25, 0.3) is 0 Å². The molecule has 136 valence electrons. The number of nitrogens with one attached hydrogen (secondary N) is 1. The lowest BCUT2D eigenvalue weighted by Crippen LogP contribution is -2.14. The highest BCUT2D eigenvalue weighted by molar-refractivity contribution is 7.99. The van der Waals surface area contributed by atoms with Crippen molar-refractivity contribution in [3.63, 3.8) is 0 Å². The summed E-state index contributed by atoms with van der Waals surface area (Å²) in [5.74, 6) is 0.963. The van der Waals surface area contributed by atoms with Crippen LogP contribution in [0.1, 0.15) is 6.92 Å². The fraction of sp³-hybridized carbons (Fsp3) is 0.150. The van der Waals surface area contributed by atoms with Gasteiger partial charge in [0.05, 0.1) is 12.0 Å². The molecule has 7 heteroatoms. The maximum atomic E-state index is 12.3. The van der Waals surface area contributed by atoms with E-state index in [0.29, 0.717) is 5.69 Å². The molecule has 4 rings (SSSR count). The van der Waals surface area contributed by atoms with Gasteiger partial charge in [0.2, 0.25) is 5.91 Å². The number of aromatic nitrogens is 3. The van der Waals surface area contributed by atoms with Gasteiger partial charge in [-0.3, -0.25) is 4.79 Å². The van der Waals surface area contributed by atoms with Crippen LogP contribution in [0.15, 0.2) is 70.4 Å². The van der Waals surface area contributed by atoms with E-state index in [4.69, 9.17) is 4.42 Å². The summed E-state index contributed by atoms with van der Waals surface area (Å²) in [5.41, 5.74) is 2.47. The molecule has 2 heterocycles. The van der Waals surface area contributed by atoms with Gasteiger partial charge in [-0.05, 0) is 25.1 Å². The van der Waals surface area contributed by atoms with Gasteiger partial charge in [0.1, 0.15) is 5.58 Å². The highest BCUT2D eigenvalue weighted by Crippen LogP contribution is 2.24. The highest BCUT2D eigenvalue weighted by Gasteiger charge is 2.14. The maximum absolute atomic E-state index is 12.3. The number of fused-ring (bicyclic) bond motifs is 1. The molecule has 0 aliphatic rings. The van der Waals surface area contributed by atoms with Crippen molar-refractivity contribution in [1.82, 2.24) is 14.8 Å². The van der Waals surface area contributed by atoms with E-state index in [2.05, 4.69) is 15.5 Å². The molecule has 0 bridgehead atoms. The fourth-order valence-electron chi connectivity index (χ4n) is 2.84. The zero-order valence-electron chi connectivity index (χ0n) is 14.8. The number of hydrogen-bond acceptors (Lipinski definition) is 5. The quantitative estimate of drug-likeness (QED) is 0.502. The molecule has 1 amide bonds. The van der Waals surface area contributed by atoms with Crippen molar-refractivity contribution in [3.8, 4) is 11.4 Å². The molecule has 0 aliphatic carbocycles. The Kier molecular flexibility index (Phi) is 4.93. The minimum absolute atomic E-state index is 0.0992. The smallest absolute Gasteiger partial charge is 0.234 e. The number of furan rings is 1. The number of carbonyl (C=O) groups is 1. The first kappa shape index (κ1) is 17.4. The predicted octanol–water partition coefficient (Wildman–Crippen LogP) is 4.44. The molecule has 0 saturated carbocycles. The van der Waals surface area contributed by atoms with E-state index in [0.717, 1.165) is 34.1 Å². The number of hydrogen-bond donors (Lipinski definition) is 1. The summed E-state index contributed by atoms with van der Waals surface area (Å²) in [5, 5.41) is 13.2. The maximum Gasteiger partial charge on any atom is 0.234 e. The second kappa shape index (κ2) is 7.67. The summed E-state index contributed by atoms with van der Waals surface area (Å²) in [6, 6.07) is 17.4. The average Bonchev–Trinajstić information content (AvgIpc) is 3.33. The zero-order valence-corrected chi connectivity index (χ0v) is 15.6. The third-order valence-electron chi connectivity index (χ3n) is 4.14. The van der Waals surface area contributed by atoms with Crippen LogP contribution in [0.5, 0.6) is 0 Å². The molecule has 2 aromatic heterocycles. The van der Waals surface area contributed by atoms with Crippen LogP contribution >= 0.6 is 11.8 Å². The molecular weight excluding hydrogens is 360 g/mol. The third kappa shape index (κ3) is 3.73. The molecule has 27 heavy (non-hydrogen) atoms. The van der Waals surface area contributed by atoms with Gasteiger partial charge in [-0.25, -0.2) is 0 Å². The van der Waals surface area contributed by atoms with Gasteiger partial charge in [0, 0.05) is 29.2 Å². The van der Waals surface area contributed by atoms with Gasteiger partial charge in [-0.15, -0.1) is 10.2 Å². The molecule has 0 radical (unpaired) electrons. The van der Waals surface area contributed by atoms with Crippen LogP contribution in [0.4, 0.5) is 5.69 Å². The number of anilines is 1. The summed E-state index contributed by atoms with van der Waals surface area (Å²) >= 11 is 1.37.